The maximum atomic E-state index is 12.8. The fourth-order valence-electron chi connectivity index (χ4n) is 3.44. The molecule has 0 spiro atoms. The SMILES string of the molecule is CCCCCOC1CC(C)(CC)N([O])C(C)(CC)C1C. The summed E-state index contributed by atoms with van der Waals surface area (Å²) in [7, 11) is 0. The first-order chi connectivity index (χ1) is 9.35. The van der Waals surface area contributed by atoms with Gasteiger partial charge in [0.1, 0.15) is 0 Å². The van der Waals surface area contributed by atoms with E-state index >= 15 is 0 Å². The van der Waals surface area contributed by atoms with E-state index in [9.17, 15) is 5.21 Å². The topological polar surface area (TPSA) is 32.4 Å². The summed E-state index contributed by atoms with van der Waals surface area (Å²) in [6, 6.07) is 0. The molecule has 0 saturated carbocycles. The Morgan fingerprint density at radius 1 is 1.15 bits per heavy atom. The van der Waals surface area contributed by atoms with E-state index in [1.807, 2.05) is 0 Å². The van der Waals surface area contributed by atoms with Gasteiger partial charge in [0.15, 0.2) is 0 Å². The molecular weight excluding hydrogens is 250 g/mol. The Bertz CT molecular complexity index is 297. The molecular formula is C17H34NO2. The Kier molecular flexibility index (Phi) is 6.49. The van der Waals surface area contributed by atoms with E-state index in [0.717, 1.165) is 32.3 Å². The van der Waals surface area contributed by atoms with Crippen LogP contribution in [0.25, 0.3) is 0 Å². The van der Waals surface area contributed by atoms with Crippen molar-refractivity contribution in [2.75, 3.05) is 6.61 Å². The molecule has 1 heterocycles. The second-order valence-corrected chi connectivity index (χ2v) is 6.96. The molecule has 1 fully saturated rings. The molecule has 0 aromatic rings. The summed E-state index contributed by atoms with van der Waals surface area (Å²) in [4.78, 5) is 0. The van der Waals surface area contributed by atoms with Crippen LogP contribution in [0.2, 0.25) is 0 Å². The van der Waals surface area contributed by atoms with Crippen LogP contribution in [-0.2, 0) is 9.94 Å². The normalized spacial score (nSPS) is 39.1. The van der Waals surface area contributed by atoms with Crippen molar-refractivity contribution in [3.8, 4) is 0 Å². The molecule has 0 bridgehead atoms. The minimum absolute atomic E-state index is 0.215. The first-order valence-corrected chi connectivity index (χ1v) is 8.44. The molecule has 0 amide bonds. The lowest BCUT2D eigenvalue weighted by atomic mass is 9.69. The Labute approximate surface area is 125 Å². The summed E-state index contributed by atoms with van der Waals surface area (Å²) >= 11 is 0. The van der Waals surface area contributed by atoms with E-state index in [2.05, 4.69) is 41.5 Å². The molecule has 4 atom stereocenters. The van der Waals surface area contributed by atoms with Crippen molar-refractivity contribution in [3.05, 3.63) is 0 Å². The average Bonchev–Trinajstić information content (AvgIpc) is 2.46. The number of unbranched alkanes of at least 4 members (excludes halogenated alkanes) is 2. The Morgan fingerprint density at radius 2 is 1.80 bits per heavy atom. The number of nitrogens with zero attached hydrogens (tertiary/aromatic N) is 1. The highest BCUT2D eigenvalue weighted by Gasteiger charge is 2.53. The molecule has 0 N–H and O–H groups in total. The van der Waals surface area contributed by atoms with E-state index in [-0.39, 0.29) is 23.1 Å². The Morgan fingerprint density at radius 3 is 2.30 bits per heavy atom. The van der Waals surface area contributed by atoms with Crippen molar-refractivity contribution in [2.24, 2.45) is 5.92 Å². The molecule has 3 nitrogen and oxygen atoms in total. The number of rotatable bonds is 7. The molecule has 4 unspecified atom stereocenters. The van der Waals surface area contributed by atoms with Gasteiger partial charge in [0.05, 0.1) is 11.6 Å². The molecule has 1 aliphatic heterocycles. The predicted molar refractivity (Wildman–Crippen MR) is 83.0 cm³/mol. The molecule has 1 radical (unpaired) electrons. The molecule has 0 aliphatic carbocycles. The monoisotopic (exact) mass is 284 g/mol. The summed E-state index contributed by atoms with van der Waals surface area (Å²) in [5.41, 5.74) is -0.592. The van der Waals surface area contributed by atoms with E-state index in [4.69, 9.17) is 4.74 Å². The molecule has 0 aromatic carbocycles. The zero-order valence-corrected chi connectivity index (χ0v) is 14.4. The highest BCUT2D eigenvalue weighted by atomic mass is 16.5. The summed E-state index contributed by atoms with van der Waals surface area (Å²) in [5.74, 6) is 0.284. The molecule has 1 saturated heterocycles. The number of piperidine rings is 1. The van der Waals surface area contributed by atoms with Gasteiger partial charge >= 0.3 is 0 Å². The van der Waals surface area contributed by atoms with E-state index in [1.165, 1.54) is 17.9 Å². The predicted octanol–water partition coefficient (Wildman–Crippen LogP) is 4.59. The molecule has 3 heteroatoms. The largest absolute Gasteiger partial charge is 0.378 e. The molecule has 1 rings (SSSR count). The lowest BCUT2D eigenvalue weighted by molar-refractivity contribution is -0.327. The smallest absolute Gasteiger partial charge is 0.0637 e. The first kappa shape index (κ1) is 17.9. The van der Waals surface area contributed by atoms with E-state index in [0.29, 0.717) is 0 Å². The fraction of sp³-hybridized carbons (Fsp3) is 1.00. The minimum atomic E-state index is -0.307. The van der Waals surface area contributed by atoms with Gasteiger partial charge in [-0.05, 0) is 39.5 Å². The van der Waals surface area contributed by atoms with Crippen molar-refractivity contribution < 1.29 is 9.94 Å². The van der Waals surface area contributed by atoms with Crippen LogP contribution in [-0.4, -0.2) is 28.9 Å². The van der Waals surface area contributed by atoms with Crippen LogP contribution in [0.1, 0.15) is 80.1 Å². The van der Waals surface area contributed by atoms with Crippen molar-refractivity contribution >= 4 is 0 Å². The van der Waals surface area contributed by atoms with E-state index < -0.39 is 0 Å². The van der Waals surface area contributed by atoms with Gasteiger partial charge in [0.2, 0.25) is 0 Å². The van der Waals surface area contributed by atoms with E-state index in [1.54, 1.807) is 0 Å². The minimum Gasteiger partial charge on any atom is -0.378 e. The third-order valence-electron chi connectivity index (χ3n) is 5.69. The quantitative estimate of drug-likeness (QED) is 0.641. The van der Waals surface area contributed by atoms with Crippen LogP contribution >= 0.6 is 0 Å². The lowest BCUT2D eigenvalue weighted by Crippen LogP contribution is -2.66. The Hall–Kier alpha value is -0.120. The lowest BCUT2D eigenvalue weighted by Gasteiger charge is -2.56. The maximum Gasteiger partial charge on any atom is 0.0637 e. The number of ether oxygens (including phenoxy) is 1. The molecule has 20 heavy (non-hydrogen) atoms. The van der Waals surface area contributed by atoms with Crippen LogP contribution in [0.15, 0.2) is 0 Å². The van der Waals surface area contributed by atoms with Gasteiger partial charge in [-0.2, -0.15) is 0 Å². The number of hydrogen-bond donors (Lipinski definition) is 0. The van der Waals surface area contributed by atoms with Crippen LogP contribution in [0.3, 0.4) is 0 Å². The molecule has 1 aliphatic rings. The highest BCUT2D eigenvalue weighted by Crippen LogP contribution is 2.45. The first-order valence-electron chi connectivity index (χ1n) is 8.44. The number of hydrogen-bond acceptors (Lipinski definition) is 2. The summed E-state index contributed by atoms with van der Waals surface area (Å²) in [5, 5.41) is 14.2. The van der Waals surface area contributed by atoms with Crippen LogP contribution < -0.4 is 0 Å². The van der Waals surface area contributed by atoms with Gasteiger partial charge in [0, 0.05) is 18.1 Å². The number of hydroxylamine groups is 2. The highest BCUT2D eigenvalue weighted by molar-refractivity contribution is 5.03. The standard InChI is InChI=1S/C17H34NO2/c1-7-10-11-12-20-15-13-16(5,8-2)18(19)17(6,9-3)14(15)4/h14-15H,7-13H2,1-6H3. The molecule has 0 aromatic heterocycles. The van der Waals surface area contributed by atoms with Crippen molar-refractivity contribution in [1.29, 1.82) is 0 Å². The van der Waals surface area contributed by atoms with Crippen molar-refractivity contribution in [3.63, 3.8) is 0 Å². The van der Waals surface area contributed by atoms with Gasteiger partial charge in [-0.3, -0.25) is 0 Å². The zero-order chi connectivity index (χ0) is 15.4. The summed E-state index contributed by atoms with van der Waals surface area (Å²) in [6.07, 6.45) is 6.41. The van der Waals surface area contributed by atoms with Crippen molar-refractivity contribution in [1.82, 2.24) is 5.06 Å². The van der Waals surface area contributed by atoms with Crippen LogP contribution in [0.5, 0.6) is 0 Å². The summed E-state index contributed by atoms with van der Waals surface area (Å²) in [6.45, 7) is 13.7. The van der Waals surface area contributed by atoms with Crippen LogP contribution in [0, 0.1) is 5.92 Å². The zero-order valence-electron chi connectivity index (χ0n) is 14.4. The van der Waals surface area contributed by atoms with Crippen molar-refractivity contribution in [2.45, 2.75) is 97.2 Å². The Balaban J connectivity index is 2.80. The average molecular weight is 284 g/mol. The second-order valence-electron chi connectivity index (χ2n) is 6.96. The third kappa shape index (κ3) is 3.37. The van der Waals surface area contributed by atoms with Gasteiger partial charge in [-0.1, -0.05) is 40.5 Å². The fourth-order valence-corrected chi connectivity index (χ4v) is 3.44. The maximum absolute atomic E-state index is 12.8. The van der Waals surface area contributed by atoms with Gasteiger partial charge < -0.3 is 4.74 Å². The van der Waals surface area contributed by atoms with Gasteiger partial charge in [-0.15, -0.1) is 10.3 Å². The second kappa shape index (κ2) is 7.24. The van der Waals surface area contributed by atoms with Gasteiger partial charge in [0.25, 0.3) is 0 Å². The van der Waals surface area contributed by atoms with Crippen LogP contribution in [0.4, 0.5) is 0 Å². The molecule has 119 valence electrons. The third-order valence-corrected chi connectivity index (χ3v) is 5.69. The summed E-state index contributed by atoms with van der Waals surface area (Å²) < 4.78 is 6.17. The van der Waals surface area contributed by atoms with Gasteiger partial charge in [-0.25, -0.2) is 0 Å².